The summed E-state index contributed by atoms with van der Waals surface area (Å²) in [5.74, 6) is -1.37. The number of aromatic nitrogens is 1. The molecule has 0 bridgehead atoms. The fourth-order valence-corrected chi connectivity index (χ4v) is 5.69. The average molecular weight is 523 g/mol. The summed E-state index contributed by atoms with van der Waals surface area (Å²) in [7, 11) is 1.39. The highest BCUT2D eigenvalue weighted by atomic mass is 19.1. The van der Waals surface area contributed by atoms with Gasteiger partial charge in [-0.25, -0.2) is 4.39 Å². The van der Waals surface area contributed by atoms with Gasteiger partial charge in [-0.05, 0) is 63.8 Å². The summed E-state index contributed by atoms with van der Waals surface area (Å²) in [4.78, 5) is 11.9. The largest absolute Gasteiger partial charge is 0.469 e. The Kier molecular flexibility index (Phi) is 8.71. The van der Waals surface area contributed by atoms with Crippen LogP contribution in [0.1, 0.15) is 64.4 Å². The van der Waals surface area contributed by atoms with Gasteiger partial charge in [-0.3, -0.25) is 4.79 Å². The maximum absolute atomic E-state index is 13.9. The average Bonchev–Trinajstić information content (AvgIpc) is 3.22. The minimum absolute atomic E-state index is 0.105. The molecule has 1 aromatic heterocycles. The quantitative estimate of drug-likeness (QED) is 0.329. The standard InChI is InChI=1S/C31H39FN2O4/c1-20(2)34-26(16-15-24-17-25(18-28(35)36-5)38-31(3,4)37-24)29(22-11-13-23(32)14-12-22)30(27(34)19-33)21-9-7-6-8-10-21/h6-14,20,24-25H,15-19,33H2,1-5H3. The molecule has 0 amide bonds. The highest BCUT2D eigenvalue weighted by Gasteiger charge is 2.37. The van der Waals surface area contributed by atoms with Crippen LogP contribution >= 0.6 is 0 Å². The fraction of sp³-hybridized carbons (Fsp3) is 0.452. The summed E-state index contributed by atoms with van der Waals surface area (Å²) in [5, 5.41) is 0. The first-order valence-corrected chi connectivity index (χ1v) is 13.3. The predicted octanol–water partition coefficient (Wildman–Crippen LogP) is 6.41. The van der Waals surface area contributed by atoms with Crippen LogP contribution in [0, 0.1) is 5.82 Å². The van der Waals surface area contributed by atoms with Crippen LogP contribution in [-0.2, 0) is 32.0 Å². The molecule has 0 aliphatic carbocycles. The SMILES string of the molecule is COC(=O)CC1CC(CCc2c(-c3ccc(F)cc3)c(-c3ccccc3)c(CN)n2C(C)C)OC(C)(C)O1. The van der Waals surface area contributed by atoms with Crippen LogP contribution in [0.2, 0.25) is 0 Å². The molecule has 38 heavy (non-hydrogen) atoms. The molecular formula is C31H39FN2O4. The normalized spacial score (nSPS) is 19.1. The summed E-state index contributed by atoms with van der Waals surface area (Å²) in [6, 6.07) is 17.1. The molecule has 0 saturated carbocycles. The van der Waals surface area contributed by atoms with Crippen molar-refractivity contribution in [2.75, 3.05) is 7.11 Å². The predicted molar refractivity (Wildman–Crippen MR) is 147 cm³/mol. The Morgan fingerprint density at radius 1 is 1.03 bits per heavy atom. The van der Waals surface area contributed by atoms with Gasteiger partial charge in [0.25, 0.3) is 0 Å². The van der Waals surface area contributed by atoms with Crippen LogP contribution in [0.25, 0.3) is 22.3 Å². The van der Waals surface area contributed by atoms with Crippen LogP contribution in [0.15, 0.2) is 54.6 Å². The number of hydrogen-bond donors (Lipinski definition) is 1. The van der Waals surface area contributed by atoms with E-state index in [-0.39, 0.29) is 36.5 Å². The summed E-state index contributed by atoms with van der Waals surface area (Å²) in [5.41, 5.74) is 12.8. The molecule has 4 rings (SSSR count). The Labute approximate surface area is 224 Å². The van der Waals surface area contributed by atoms with Gasteiger partial charge in [0.1, 0.15) is 5.82 Å². The molecule has 2 atom stereocenters. The zero-order valence-electron chi connectivity index (χ0n) is 23.0. The van der Waals surface area contributed by atoms with E-state index in [2.05, 4.69) is 30.5 Å². The van der Waals surface area contributed by atoms with Crippen LogP contribution in [0.4, 0.5) is 4.39 Å². The number of benzene rings is 2. The lowest BCUT2D eigenvalue weighted by Crippen LogP contribution is -2.45. The number of carbonyl (C=O) groups excluding carboxylic acids is 1. The molecule has 1 aliphatic rings. The van der Waals surface area contributed by atoms with Crippen molar-refractivity contribution >= 4 is 5.97 Å². The van der Waals surface area contributed by atoms with Gasteiger partial charge in [0, 0.05) is 41.5 Å². The number of hydrogen-bond acceptors (Lipinski definition) is 5. The molecule has 2 unspecified atom stereocenters. The van der Waals surface area contributed by atoms with E-state index in [1.54, 1.807) is 0 Å². The molecule has 2 N–H and O–H groups in total. The van der Waals surface area contributed by atoms with E-state index in [0.29, 0.717) is 13.0 Å². The van der Waals surface area contributed by atoms with Crippen molar-refractivity contribution in [1.29, 1.82) is 0 Å². The van der Waals surface area contributed by atoms with Crippen molar-refractivity contribution in [3.63, 3.8) is 0 Å². The lowest BCUT2D eigenvalue weighted by molar-refractivity contribution is -0.300. The minimum Gasteiger partial charge on any atom is -0.469 e. The Morgan fingerprint density at radius 3 is 2.24 bits per heavy atom. The van der Waals surface area contributed by atoms with Gasteiger partial charge in [0.15, 0.2) is 5.79 Å². The summed E-state index contributed by atoms with van der Waals surface area (Å²) >= 11 is 0. The third-order valence-electron chi connectivity index (χ3n) is 7.07. The number of rotatable bonds is 9. The molecule has 1 aliphatic heterocycles. The van der Waals surface area contributed by atoms with Crippen molar-refractivity contribution < 1.29 is 23.4 Å². The molecule has 1 fully saturated rings. The van der Waals surface area contributed by atoms with Crippen LogP contribution in [0.5, 0.6) is 0 Å². The van der Waals surface area contributed by atoms with Crippen molar-refractivity contribution in [1.82, 2.24) is 4.57 Å². The summed E-state index contributed by atoms with van der Waals surface area (Å²) in [6.07, 6.45) is 1.86. The van der Waals surface area contributed by atoms with Gasteiger partial charge >= 0.3 is 5.97 Å². The molecule has 3 aromatic rings. The third kappa shape index (κ3) is 6.17. The molecule has 2 aromatic carbocycles. The maximum Gasteiger partial charge on any atom is 0.308 e. The monoisotopic (exact) mass is 522 g/mol. The summed E-state index contributed by atoms with van der Waals surface area (Å²) < 4.78 is 33.4. The topological polar surface area (TPSA) is 75.7 Å². The van der Waals surface area contributed by atoms with E-state index in [4.69, 9.17) is 19.9 Å². The Bertz CT molecular complexity index is 1240. The zero-order valence-corrected chi connectivity index (χ0v) is 23.0. The van der Waals surface area contributed by atoms with Crippen molar-refractivity contribution in [2.24, 2.45) is 5.73 Å². The first kappa shape index (κ1) is 28.0. The highest BCUT2D eigenvalue weighted by molar-refractivity contribution is 5.88. The fourth-order valence-electron chi connectivity index (χ4n) is 5.69. The minimum atomic E-state index is -0.806. The third-order valence-corrected chi connectivity index (χ3v) is 7.07. The van der Waals surface area contributed by atoms with Gasteiger partial charge in [0.05, 0.1) is 25.7 Å². The van der Waals surface area contributed by atoms with Gasteiger partial charge in [-0.2, -0.15) is 0 Å². The highest BCUT2D eigenvalue weighted by Crippen LogP contribution is 2.43. The van der Waals surface area contributed by atoms with E-state index in [9.17, 15) is 9.18 Å². The number of methoxy groups -OCH3 is 1. The number of halogens is 1. The number of esters is 1. The molecule has 0 spiro atoms. The molecule has 1 saturated heterocycles. The van der Waals surface area contributed by atoms with Crippen molar-refractivity contribution in [3.05, 3.63) is 71.8 Å². The molecule has 204 valence electrons. The second kappa shape index (κ2) is 11.8. The lowest BCUT2D eigenvalue weighted by Gasteiger charge is -2.40. The maximum atomic E-state index is 13.9. The Hall–Kier alpha value is -3.00. The number of nitrogens with two attached hydrogens (primary N) is 1. The molecule has 0 radical (unpaired) electrons. The number of carbonyl (C=O) groups is 1. The first-order valence-electron chi connectivity index (χ1n) is 13.3. The summed E-state index contributed by atoms with van der Waals surface area (Å²) in [6.45, 7) is 8.45. The Morgan fingerprint density at radius 2 is 1.63 bits per heavy atom. The van der Waals surface area contributed by atoms with E-state index < -0.39 is 5.79 Å². The number of ether oxygens (including phenoxy) is 3. The molecule has 2 heterocycles. The van der Waals surface area contributed by atoms with Crippen molar-refractivity contribution in [2.45, 2.75) is 84.0 Å². The molecule has 6 nitrogen and oxygen atoms in total. The van der Waals surface area contributed by atoms with E-state index >= 15 is 0 Å². The van der Waals surface area contributed by atoms with Gasteiger partial charge in [-0.15, -0.1) is 0 Å². The van der Waals surface area contributed by atoms with E-state index in [1.807, 2.05) is 44.2 Å². The van der Waals surface area contributed by atoms with Crippen molar-refractivity contribution in [3.8, 4) is 22.3 Å². The van der Waals surface area contributed by atoms with Crippen LogP contribution < -0.4 is 5.73 Å². The zero-order chi connectivity index (χ0) is 27.4. The van der Waals surface area contributed by atoms with Gasteiger partial charge in [0.2, 0.25) is 0 Å². The smallest absolute Gasteiger partial charge is 0.308 e. The van der Waals surface area contributed by atoms with Crippen LogP contribution in [0.3, 0.4) is 0 Å². The van der Waals surface area contributed by atoms with E-state index in [0.717, 1.165) is 46.5 Å². The second-order valence-corrected chi connectivity index (χ2v) is 10.6. The van der Waals surface area contributed by atoms with Gasteiger partial charge < -0.3 is 24.5 Å². The van der Waals surface area contributed by atoms with Gasteiger partial charge in [-0.1, -0.05) is 42.5 Å². The van der Waals surface area contributed by atoms with Crippen LogP contribution in [-0.4, -0.2) is 35.6 Å². The second-order valence-electron chi connectivity index (χ2n) is 10.6. The van der Waals surface area contributed by atoms with E-state index in [1.165, 1.54) is 19.2 Å². The lowest BCUT2D eigenvalue weighted by atomic mass is 9.92. The first-order chi connectivity index (χ1) is 18.1. The molecule has 7 heteroatoms. The Balaban J connectivity index is 1.77. The molecular weight excluding hydrogens is 483 g/mol. The number of nitrogens with zero attached hydrogens (tertiary/aromatic N) is 1.